The molecule has 0 aliphatic carbocycles. The summed E-state index contributed by atoms with van der Waals surface area (Å²) in [5, 5.41) is 3.55. The molecule has 2 aliphatic rings. The standard InChI is InChI=1S/C22H26FN3O2/c1-4-28-20-6-5-15(23)11-17(20)16-12-19(24-13-14(16)2)18-7-8-22(25-18)9-10-26(3)21(22)27/h5-6,11-13,18,25H,4,7-10H2,1-3H3. The highest BCUT2D eigenvalue weighted by Gasteiger charge is 2.50. The molecule has 4 rings (SSSR count). The topological polar surface area (TPSA) is 54.5 Å². The Hall–Kier alpha value is -2.47. The summed E-state index contributed by atoms with van der Waals surface area (Å²) in [5.74, 6) is 0.535. The maximum absolute atomic E-state index is 14.0. The van der Waals surface area contributed by atoms with Gasteiger partial charge in [0.15, 0.2) is 0 Å². The molecule has 1 aromatic heterocycles. The third-order valence-corrected chi connectivity index (χ3v) is 5.95. The Bertz CT molecular complexity index is 917. The molecule has 3 heterocycles. The number of nitrogens with zero attached hydrogens (tertiary/aromatic N) is 2. The summed E-state index contributed by atoms with van der Waals surface area (Å²) in [6, 6.07) is 6.61. The second kappa shape index (κ2) is 7.17. The molecule has 1 amide bonds. The van der Waals surface area contributed by atoms with Crippen molar-refractivity contribution in [2.24, 2.45) is 0 Å². The van der Waals surface area contributed by atoms with Crippen molar-refractivity contribution in [1.29, 1.82) is 0 Å². The number of aryl methyl sites for hydroxylation is 1. The van der Waals surface area contributed by atoms with E-state index in [4.69, 9.17) is 4.74 Å². The number of carbonyl (C=O) groups is 1. The van der Waals surface area contributed by atoms with E-state index in [9.17, 15) is 9.18 Å². The second-order valence-electron chi connectivity index (χ2n) is 7.79. The van der Waals surface area contributed by atoms with Gasteiger partial charge in [-0.05, 0) is 68.5 Å². The van der Waals surface area contributed by atoms with Gasteiger partial charge in [0.2, 0.25) is 5.91 Å². The highest BCUT2D eigenvalue weighted by molar-refractivity contribution is 5.88. The maximum Gasteiger partial charge on any atom is 0.242 e. The van der Waals surface area contributed by atoms with Gasteiger partial charge >= 0.3 is 0 Å². The molecule has 2 aromatic rings. The number of hydrogen-bond donors (Lipinski definition) is 1. The first-order valence-corrected chi connectivity index (χ1v) is 9.86. The molecule has 0 radical (unpaired) electrons. The number of hydrogen-bond acceptors (Lipinski definition) is 4. The van der Waals surface area contributed by atoms with E-state index in [2.05, 4.69) is 10.3 Å². The molecule has 0 saturated carbocycles. The summed E-state index contributed by atoms with van der Waals surface area (Å²) in [5.41, 5.74) is 3.02. The van der Waals surface area contributed by atoms with Gasteiger partial charge in [-0.1, -0.05) is 0 Å². The largest absolute Gasteiger partial charge is 0.493 e. The fraction of sp³-hybridized carbons (Fsp3) is 0.455. The number of nitrogens with one attached hydrogen (secondary N) is 1. The molecule has 2 unspecified atom stereocenters. The molecular formula is C22H26FN3O2. The number of likely N-dealkylation sites (tertiary alicyclic amines) is 1. The number of carbonyl (C=O) groups excluding carboxylic acids is 1. The quantitative estimate of drug-likeness (QED) is 0.876. The van der Waals surface area contributed by atoms with Gasteiger partial charge in [0.05, 0.1) is 18.3 Å². The zero-order valence-corrected chi connectivity index (χ0v) is 16.6. The maximum atomic E-state index is 14.0. The second-order valence-corrected chi connectivity index (χ2v) is 7.79. The van der Waals surface area contributed by atoms with E-state index in [-0.39, 0.29) is 17.8 Å². The lowest BCUT2D eigenvalue weighted by Gasteiger charge is -2.23. The van der Waals surface area contributed by atoms with Crippen molar-refractivity contribution < 1.29 is 13.9 Å². The van der Waals surface area contributed by atoms with E-state index in [0.717, 1.165) is 48.2 Å². The number of halogens is 1. The third kappa shape index (κ3) is 3.15. The van der Waals surface area contributed by atoms with E-state index >= 15 is 0 Å². The molecule has 5 nitrogen and oxygen atoms in total. The lowest BCUT2D eigenvalue weighted by Crippen LogP contribution is -2.47. The summed E-state index contributed by atoms with van der Waals surface area (Å²) >= 11 is 0. The first-order valence-electron chi connectivity index (χ1n) is 9.86. The lowest BCUT2D eigenvalue weighted by molar-refractivity contribution is -0.131. The summed E-state index contributed by atoms with van der Waals surface area (Å²) in [7, 11) is 1.85. The number of ether oxygens (including phenoxy) is 1. The van der Waals surface area contributed by atoms with Gasteiger partial charge < -0.3 is 9.64 Å². The SMILES string of the molecule is CCOc1ccc(F)cc1-c1cc(C2CCC3(CCN(C)C3=O)N2)ncc1C. The smallest absolute Gasteiger partial charge is 0.242 e. The third-order valence-electron chi connectivity index (χ3n) is 5.95. The van der Waals surface area contributed by atoms with E-state index in [1.54, 1.807) is 11.0 Å². The van der Waals surface area contributed by atoms with Crippen LogP contribution < -0.4 is 10.1 Å². The molecule has 2 saturated heterocycles. The number of rotatable bonds is 4. The van der Waals surface area contributed by atoms with Crippen LogP contribution in [0.4, 0.5) is 4.39 Å². The molecule has 0 bridgehead atoms. The van der Waals surface area contributed by atoms with Gasteiger partial charge in [-0.2, -0.15) is 0 Å². The van der Waals surface area contributed by atoms with E-state index < -0.39 is 5.54 Å². The van der Waals surface area contributed by atoms with Crippen molar-refractivity contribution in [3.05, 3.63) is 47.5 Å². The monoisotopic (exact) mass is 383 g/mol. The Morgan fingerprint density at radius 3 is 2.86 bits per heavy atom. The molecule has 2 atom stereocenters. The van der Waals surface area contributed by atoms with Crippen molar-refractivity contribution in [3.8, 4) is 16.9 Å². The van der Waals surface area contributed by atoms with Gasteiger partial charge in [-0.25, -0.2) is 4.39 Å². The molecule has 2 fully saturated rings. The molecule has 1 N–H and O–H groups in total. The minimum atomic E-state index is -0.457. The number of aromatic nitrogens is 1. The Labute approximate surface area is 164 Å². The Morgan fingerprint density at radius 2 is 2.14 bits per heavy atom. The van der Waals surface area contributed by atoms with Gasteiger partial charge in [-0.3, -0.25) is 15.1 Å². The van der Waals surface area contributed by atoms with E-state index in [1.165, 1.54) is 12.1 Å². The van der Waals surface area contributed by atoms with Crippen LogP contribution in [0.3, 0.4) is 0 Å². The average molecular weight is 383 g/mol. The fourth-order valence-electron chi connectivity index (χ4n) is 4.40. The van der Waals surface area contributed by atoms with Crippen LogP contribution in [0.5, 0.6) is 5.75 Å². The summed E-state index contributed by atoms with van der Waals surface area (Å²) in [6.07, 6.45) is 4.32. The van der Waals surface area contributed by atoms with Gasteiger partial charge in [-0.15, -0.1) is 0 Å². The predicted molar refractivity (Wildman–Crippen MR) is 106 cm³/mol. The van der Waals surface area contributed by atoms with Crippen LogP contribution >= 0.6 is 0 Å². The molecular weight excluding hydrogens is 357 g/mol. The number of benzene rings is 1. The number of pyridine rings is 1. The van der Waals surface area contributed by atoms with Crippen molar-refractivity contribution in [2.45, 2.75) is 44.7 Å². The van der Waals surface area contributed by atoms with Crippen molar-refractivity contribution in [2.75, 3.05) is 20.2 Å². The highest BCUT2D eigenvalue weighted by Crippen LogP contribution is 2.40. The van der Waals surface area contributed by atoms with Gasteiger partial charge in [0.1, 0.15) is 17.1 Å². The molecule has 28 heavy (non-hydrogen) atoms. The Morgan fingerprint density at radius 1 is 1.32 bits per heavy atom. The molecule has 6 heteroatoms. The normalized spacial score (nSPS) is 24.4. The molecule has 148 valence electrons. The van der Waals surface area contributed by atoms with Crippen LogP contribution in [0.15, 0.2) is 30.5 Å². The summed E-state index contributed by atoms with van der Waals surface area (Å²) in [4.78, 5) is 19.0. The summed E-state index contributed by atoms with van der Waals surface area (Å²) in [6.45, 7) is 5.17. The highest BCUT2D eigenvalue weighted by atomic mass is 19.1. The van der Waals surface area contributed by atoms with Crippen LogP contribution in [0, 0.1) is 12.7 Å². The predicted octanol–water partition coefficient (Wildman–Crippen LogP) is 3.62. The van der Waals surface area contributed by atoms with E-state index in [0.29, 0.717) is 12.4 Å². The van der Waals surface area contributed by atoms with Crippen molar-refractivity contribution in [3.63, 3.8) is 0 Å². The van der Waals surface area contributed by atoms with Crippen molar-refractivity contribution >= 4 is 5.91 Å². The number of amides is 1. The van der Waals surface area contributed by atoms with Gasteiger partial charge in [0.25, 0.3) is 0 Å². The van der Waals surface area contributed by atoms with Crippen LogP contribution in [0.2, 0.25) is 0 Å². The lowest BCUT2D eigenvalue weighted by atomic mass is 9.96. The fourth-order valence-corrected chi connectivity index (χ4v) is 4.40. The summed E-state index contributed by atoms with van der Waals surface area (Å²) < 4.78 is 19.7. The van der Waals surface area contributed by atoms with Crippen LogP contribution in [-0.4, -0.2) is 41.5 Å². The van der Waals surface area contributed by atoms with Gasteiger partial charge in [0, 0.05) is 25.4 Å². The van der Waals surface area contributed by atoms with E-state index in [1.807, 2.05) is 33.2 Å². The number of likely N-dealkylation sites (N-methyl/N-ethyl adjacent to an activating group) is 1. The minimum absolute atomic E-state index is 0.0129. The van der Waals surface area contributed by atoms with Crippen molar-refractivity contribution in [1.82, 2.24) is 15.2 Å². The molecule has 1 aromatic carbocycles. The first kappa shape index (κ1) is 18.9. The van der Waals surface area contributed by atoms with Crippen LogP contribution in [0.1, 0.15) is 43.5 Å². The Kier molecular flexibility index (Phi) is 4.83. The van der Waals surface area contributed by atoms with Crippen LogP contribution in [-0.2, 0) is 4.79 Å². The van der Waals surface area contributed by atoms with Crippen LogP contribution in [0.25, 0.3) is 11.1 Å². The molecule has 1 spiro atoms. The zero-order valence-electron chi connectivity index (χ0n) is 16.6. The average Bonchev–Trinajstić information content (AvgIpc) is 3.24. The Balaban J connectivity index is 1.68. The first-order chi connectivity index (χ1) is 13.4. The molecule has 2 aliphatic heterocycles. The zero-order chi connectivity index (χ0) is 19.9. The minimum Gasteiger partial charge on any atom is -0.493 e.